The van der Waals surface area contributed by atoms with E-state index in [-0.39, 0.29) is 5.41 Å². The minimum Gasteiger partial charge on any atom is -0.312 e. The molecule has 0 aliphatic carbocycles. The van der Waals surface area contributed by atoms with Gasteiger partial charge in [-0.3, -0.25) is 0 Å². The van der Waals surface area contributed by atoms with E-state index in [1.54, 1.807) is 0 Å². The molecule has 3 aromatic heterocycles. The van der Waals surface area contributed by atoms with Crippen molar-refractivity contribution in [3.8, 4) is 56.7 Å². The molecule has 4 heterocycles. The fraction of sp³-hybridized carbons (Fsp3) is 0.0600. The van der Waals surface area contributed by atoms with Crippen molar-refractivity contribution >= 4 is 32.7 Å². The minimum absolute atomic E-state index is 0.0668. The Morgan fingerprint density at radius 1 is 0.400 bits per heavy atom. The van der Waals surface area contributed by atoms with Gasteiger partial charge in [0.25, 0.3) is 0 Å². The summed E-state index contributed by atoms with van der Waals surface area (Å²) >= 11 is 0. The minimum atomic E-state index is -0.0668. The van der Waals surface area contributed by atoms with Crippen LogP contribution in [0.2, 0.25) is 0 Å². The Morgan fingerprint density at radius 2 is 1.00 bits per heavy atom. The highest BCUT2D eigenvalue weighted by molar-refractivity contribution is 6.13. The summed E-state index contributed by atoms with van der Waals surface area (Å²) in [6.45, 7) is 4.67. The standard InChI is InChI=1S/C50H35N5/c1-50(2)41-21-10-12-23-43(41)55-44-31-40-39-20-9-11-22-42(39)54(45(40)29-37(44)30-46(50)55)38-26-24-32(25-27-38)35-18-13-19-36(28-35)49-52-47(33-14-5-3-6-15-33)51-48(53-49)34-16-7-4-8-17-34/h3-31H,1-2H3. The second-order valence-corrected chi connectivity index (χ2v) is 15.0. The lowest BCUT2D eigenvalue weighted by Gasteiger charge is -2.18. The first kappa shape index (κ1) is 31.4. The zero-order valence-corrected chi connectivity index (χ0v) is 30.5. The van der Waals surface area contributed by atoms with E-state index in [2.05, 4.69) is 138 Å². The van der Waals surface area contributed by atoms with Crippen LogP contribution in [-0.2, 0) is 5.41 Å². The molecule has 5 nitrogen and oxygen atoms in total. The third kappa shape index (κ3) is 4.90. The van der Waals surface area contributed by atoms with Gasteiger partial charge in [0, 0.05) is 55.3 Å². The van der Waals surface area contributed by atoms with E-state index in [1.807, 2.05) is 60.7 Å². The van der Waals surface area contributed by atoms with Gasteiger partial charge in [0.15, 0.2) is 17.5 Å². The van der Waals surface area contributed by atoms with Crippen LogP contribution in [-0.4, -0.2) is 24.1 Å². The maximum Gasteiger partial charge on any atom is 0.164 e. The van der Waals surface area contributed by atoms with Gasteiger partial charge in [0.05, 0.1) is 16.6 Å². The number of hydrogen-bond acceptors (Lipinski definition) is 3. The molecule has 1 aliphatic heterocycles. The lowest BCUT2D eigenvalue weighted by atomic mass is 9.83. The summed E-state index contributed by atoms with van der Waals surface area (Å²) in [5.74, 6) is 1.95. The van der Waals surface area contributed by atoms with Gasteiger partial charge in [-0.25, -0.2) is 15.0 Å². The molecule has 5 heteroatoms. The van der Waals surface area contributed by atoms with Crippen LogP contribution < -0.4 is 0 Å². The average molecular weight is 706 g/mol. The first-order chi connectivity index (χ1) is 27.0. The third-order valence-corrected chi connectivity index (χ3v) is 11.3. The highest BCUT2D eigenvalue weighted by atomic mass is 15.0. The lowest BCUT2D eigenvalue weighted by molar-refractivity contribution is 0.645. The highest BCUT2D eigenvalue weighted by Gasteiger charge is 2.37. The average Bonchev–Trinajstić information content (AvgIpc) is 3.86. The molecule has 260 valence electrons. The first-order valence-electron chi connectivity index (χ1n) is 18.8. The Bertz CT molecular complexity index is 3040. The van der Waals surface area contributed by atoms with Crippen LogP contribution in [0, 0.1) is 0 Å². The van der Waals surface area contributed by atoms with E-state index in [0.717, 1.165) is 33.5 Å². The third-order valence-electron chi connectivity index (χ3n) is 11.3. The molecule has 11 rings (SSSR count). The topological polar surface area (TPSA) is 48.5 Å². The van der Waals surface area contributed by atoms with Gasteiger partial charge < -0.3 is 9.13 Å². The zero-order valence-electron chi connectivity index (χ0n) is 30.5. The van der Waals surface area contributed by atoms with E-state index >= 15 is 0 Å². The van der Waals surface area contributed by atoms with E-state index in [4.69, 9.17) is 15.0 Å². The summed E-state index contributed by atoms with van der Waals surface area (Å²) in [4.78, 5) is 14.8. The number of rotatable bonds is 5. The fourth-order valence-corrected chi connectivity index (χ4v) is 8.58. The van der Waals surface area contributed by atoms with E-state index in [0.29, 0.717) is 17.5 Å². The van der Waals surface area contributed by atoms with E-state index in [1.165, 1.54) is 49.7 Å². The molecule has 0 saturated carbocycles. The summed E-state index contributed by atoms with van der Waals surface area (Å²) in [7, 11) is 0. The second kappa shape index (κ2) is 12.0. The van der Waals surface area contributed by atoms with Gasteiger partial charge in [-0.05, 0) is 65.2 Å². The molecule has 0 bridgehead atoms. The largest absolute Gasteiger partial charge is 0.312 e. The van der Waals surface area contributed by atoms with Crippen LogP contribution in [0.5, 0.6) is 0 Å². The molecule has 0 saturated heterocycles. The summed E-state index contributed by atoms with van der Waals surface area (Å²) in [6.07, 6.45) is 0. The van der Waals surface area contributed by atoms with Gasteiger partial charge in [-0.2, -0.15) is 0 Å². The van der Waals surface area contributed by atoms with Gasteiger partial charge >= 0.3 is 0 Å². The molecule has 0 unspecified atom stereocenters. The summed E-state index contributed by atoms with van der Waals surface area (Å²) < 4.78 is 4.88. The highest BCUT2D eigenvalue weighted by Crippen LogP contribution is 2.47. The molecule has 7 aromatic carbocycles. The predicted molar refractivity (Wildman–Crippen MR) is 225 cm³/mol. The van der Waals surface area contributed by atoms with Crippen LogP contribution in [0.15, 0.2) is 176 Å². The van der Waals surface area contributed by atoms with Gasteiger partial charge in [-0.1, -0.05) is 141 Å². The molecule has 0 radical (unpaired) electrons. The van der Waals surface area contributed by atoms with Gasteiger partial charge in [0.1, 0.15) is 0 Å². The van der Waals surface area contributed by atoms with Crippen LogP contribution in [0.1, 0.15) is 25.1 Å². The smallest absolute Gasteiger partial charge is 0.164 e. The molecule has 1 aliphatic rings. The second-order valence-electron chi connectivity index (χ2n) is 15.0. The van der Waals surface area contributed by atoms with Crippen molar-refractivity contribution in [3.63, 3.8) is 0 Å². The quantitative estimate of drug-likeness (QED) is 0.179. The van der Waals surface area contributed by atoms with Crippen molar-refractivity contribution in [3.05, 3.63) is 187 Å². The maximum atomic E-state index is 4.97. The van der Waals surface area contributed by atoms with Crippen molar-refractivity contribution in [1.82, 2.24) is 24.1 Å². The number of hydrogen-bond donors (Lipinski definition) is 0. The maximum absolute atomic E-state index is 4.97. The number of nitrogens with zero attached hydrogens (tertiary/aromatic N) is 5. The summed E-state index contributed by atoms with van der Waals surface area (Å²) in [5.41, 5.74) is 13.8. The van der Waals surface area contributed by atoms with Crippen LogP contribution in [0.3, 0.4) is 0 Å². The number of para-hydroxylation sites is 2. The Kier molecular flexibility index (Phi) is 6.83. The molecule has 0 N–H and O–H groups in total. The number of aromatic nitrogens is 5. The Balaban J connectivity index is 1.00. The molecular weight excluding hydrogens is 671 g/mol. The van der Waals surface area contributed by atoms with Crippen LogP contribution >= 0.6 is 0 Å². The van der Waals surface area contributed by atoms with Crippen molar-refractivity contribution in [2.75, 3.05) is 0 Å². The summed E-state index contributed by atoms with van der Waals surface area (Å²) in [5, 5.41) is 3.76. The molecule has 0 spiro atoms. The Labute approximate surface area is 318 Å². The monoisotopic (exact) mass is 705 g/mol. The Morgan fingerprint density at radius 3 is 1.73 bits per heavy atom. The van der Waals surface area contributed by atoms with Crippen molar-refractivity contribution < 1.29 is 0 Å². The summed E-state index contributed by atoms with van der Waals surface area (Å²) in [6, 6.07) is 62.4. The molecule has 55 heavy (non-hydrogen) atoms. The van der Waals surface area contributed by atoms with Crippen molar-refractivity contribution in [1.29, 1.82) is 0 Å². The van der Waals surface area contributed by atoms with E-state index in [9.17, 15) is 0 Å². The van der Waals surface area contributed by atoms with Crippen LogP contribution in [0.4, 0.5) is 0 Å². The molecule has 0 atom stereocenters. The molecule has 0 amide bonds. The van der Waals surface area contributed by atoms with Crippen LogP contribution in [0.25, 0.3) is 89.4 Å². The predicted octanol–water partition coefficient (Wildman–Crippen LogP) is 12.2. The number of benzene rings is 7. The van der Waals surface area contributed by atoms with E-state index < -0.39 is 0 Å². The van der Waals surface area contributed by atoms with Crippen molar-refractivity contribution in [2.24, 2.45) is 0 Å². The van der Waals surface area contributed by atoms with Gasteiger partial charge in [0.2, 0.25) is 0 Å². The van der Waals surface area contributed by atoms with Gasteiger partial charge in [-0.15, -0.1) is 0 Å². The molecule has 10 aromatic rings. The molecular formula is C50H35N5. The SMILES string of the molecule is CC1(C)c2ccccc2-n2c1cc1cc3c(cc12)c1ccccc1n3-c1ccc(-c2cccc(-c3nc(-c4ccccc4)nc(-c4ccccc4)n3)c2)cc1. The van der Waals surface area contributed by atoms with Crippen molar-refractivity contribution in [2.45, 2.75) is 19.3 Å². The fourth-order valence-electron chi connectivity index (χ4n) is 8.58. The first-order valence-corrected chi connectivity index (χ1v) is 18.8. The lowest BCUT2D eigenvalue weighted by Crippen LogP contribution is -2.14. The normalized spacial score (nSPS) is 13.1. The molecule has 0 fully saturated rings. The Hall–Kier alpha value is -7.11. The number of fused-ring (bicyclic) bond motifs is 8. The zero-order chi connectivity index (χ0) is 36.7.